The first-order valence-corrected chi connectivity index (χ1v) is 45.0. The number of aliphatic hydroxyl groups is 1. The van der Waals surface area contributed by atoms with Gasteiger partial charge in [-0.15, -0.1) is 0 Å². The van der Waals surface area contributed by atoms with E-state index in [2.05, 4.69) is 41.5 Å². The van der Waals surface area contributed by atoms with Crippen LogP contribution >= 0.6 is 15.6 Å². The summed E-state index contributed by atoms with van der Waals surface area (Å²) in [7, 11) is -9.91. The zero-order valence-corrected chi connectivity index (χ0v) is 67.3. The summed E-state index contributed by atoms with van der Waals surface area (Å²) in [5.41, 5.74) is 0. The Morgan fingerprint density at radius 3 is 0.680 bits per heavy atom. The number of aliphatic hydroxyl groups excluding tert-OH is 1. The maximum atomic E-state index is 13.1. The maximum absolute atomic E-state index is 13.1. The fourth-order valence-electron chi connectivity index (χ4n) is 12.5. The molecule has 5 atom stereocenters. The Labute approximate surface area is 613 Å². The summed E-state index contributed by atoms with van der Waals surface area (Å²) in [4.78, 5) is 72.7. The van der Waals surface area contributed by atoms with Crippen LogP contribution in [0, 0.1) is 11.8 Å². The van der Waals surface area contributed by atoms with Gasteiger partial charge in [-0.3, -0.25) is 37.3 Å². The molecule has 0 spiro atoms. The summed E-state index contributed by atoms with van der Waals surface area (Å²) in [6.45, 7) is 9.59. The summed E-state index contributed by atoms with van der Waals surface area (Å²) in [5.74, 6) is -0.523. The van der Waals surface area contributed by atoms with E-state index in [-0.39, 0.29) is 25.7 Å². The molecule has 0 fully saturated rings. The molecule has 0 aliphatic rings. The SMILES string of the molecule is CCCCCCCCCCCCCCCCCCCCCC(=O)OC[C@H](COP(=O)(O)OC[C@@H](O)COP(=O)(O)OC[C@@H](COC(=O)CCCCCCC)OC(=O)CCCCCCCCCCCCCCC(C)C)OC(=O)CCCCCCCCCCCCCCCCCCCCC(C)C. The van der Waals surface area contributed by atoms with Crippen molar-refractivity contribution in [2.75, 3.05) is 39.6 Å². The third kappa shape index (κ3) is 74.3. The number of carbonyl (C=O) groups excluding carboxylic acids is 4. The van der Waals surface area contributed by atoms with Crippen LogP contribution in [-0.2, 0) is 65.4 Å². The molecular formula is C81H158O17P2. The molecule has 17 nitrogen and oxygen atoms in total. The summed E-state index contributed by atoms with van der Waals surface area (Å²) in [6.07, 6.45) is 63.0. The summed E-state index contributed by atoms with van der Waals surface area (Å²) in [6, 6.07) is 0. The molecule has 0 amide bonds. The molecule has 0 bridgehead atoms. The topological polar surface area (TPSA) is 237 Å². The number of phosphoric acid groups is 2. The highest BCUT2D eigenvalue weighted by molar-refractivity contribution is 7.47. The highest BCUT2D eigenvalue weighted by Crippen LogP contribution is 2.45. The Balaban J connectivity index is 5.12. The lowest BCUT2D eigenvalue weighted by atomic mass is 10.0. The zero-order chi connectivity index (χ0) is 73.5. The van der Waals surface area contributed by atoms with E-state index in [0.29, 0.717) is 25.7 Å². The first-order chi connectivity index (χ1) is 48.4. The van der Waals surface area contributed by atoms with Crippen molar-refractivity contribution in [1.82, 2.24) is 0 Å². The molecule has 2 unspecified atom stereocenters. The smallest absolute Gasteiger partial charge is 0.462 e. The van der Waals surface area contributed by atoms with Crippen LogP contribution < -0.4 is 0 Å². The molecule has 100 heavy (non-hydrogen) atoms. The Kier molecular flexibility index (Phi) is 71.2. The van der Waals surface area contributed by atoms with Crippen LogP contribution in [0.2, 0.25) is 0 Å². The van der Waals surface area contributed by atoms with Gasteiger partial charge >= 0.3 is 39.5 Å². The zero-order valence-electron chi connectivity index (χ0n) is 65.5. The Morgan fingerprint density at radius 2 is 0.460 bits per heavy atom. The van der Waals surface area contributed by atoms with Gasteiger partial charge in [-0.05, 0) is 37.5 Å². The van der Waals surface area contributed by atoms with Crippen molar-refractivity contribution in [1.29, 1.82) is 0 Å². The van der Waals surface area contributed by atoms with Crippen molar-refractivity contribution < 1.29 is 80.2 Å². The molecule has 594 valence electrons. The van der Waals surface area contributed by atoms with Crippen LogP contribution in [0.4, 0.5) is 0 Å². The quantitative estimate of drug-likeness (QED) is 0.0222. The van der Waals surface area contributed by atoms with Crippen molar-refractivity contribution in [2.45, 2.75) is 445 Å². The van der Waals surface area contributed by atoms with Gasteiger partial charge in [-0.1, -0.05) is 375 Å². The Bertz CT molecular complexity index is 1920. The molecule has 0 radical (unpaired) electrons. The number of unbranched alkanes of at least 4 members (excludes halogenated alkanes) is 50. The van der Waals surface area contributed by atoms with Gasteiger partial charge in [0.2, 0.25) is 0 Å². The average molecular weight is 1470 g/mol. The van der Waals surface area contributed by atoms with Gasteiger partial charge in [0.1, 0.15) is 19.3 Å². The van der Waals surface area contributed by atoms with E-state index in [9.17, 15) is 43.2 Å². The number of phosphoric ester groups is 2. The lowest BCUT2D eigenvalue weighted by Gasteiger charge is -2.21. The Morgan fingerprint density at radius 1 is 0.270 bits per heavy atom. The van der Waals surface area contributed by atoms with E-state index >= 15 is 0 Å². The second-order valence-electron chi connectivity index (χ2n) is 30.1. The molecule has 0 aromatic rings. The fraction of sp³-hybridized carbons (Fsp3) is 0.951. The fourth-order valence-corrected chi connectivity index (χ4v) is 14.1. The minimum absolute atomic E-state index is 0.106. The molecule has 19 heteroatoms. The maximum Gasteiger partial charge on any atom is 0.472 e. The highest BCUT2D eigenvalue weighted by atomic mass is 31.2. The van der Waals surface area contributed by atoms with Crippen molar-refractivity contribution in [3.8, 4) is 0 Å². The molecule has 0 aromatic carbocycles. The second-order valence-corrected chi connectivity index (χ2v) is 33.0. The van der Waals surface area contributed by atoms with Crippen LogP contribution in [0.15, 0.2) is 0 Å². The molecule has 0 aliphatic heterocycles. The van der Waals surface area contributed by atoms with Gasteiger partial charge in [0, 0.05) is 25.7 Å². The van der Waals surface area contributed by atoms with Crippen molar-refractivity contribution in [2.24, 2.45) is 11.8 Å². The average Bonchev–Trinajstić information content (AvgIpc) is 0.942. The minimum atomic E-state index is -4.96. The monoisotopic (exact) mass is 1470 g/mol. The van der Waals surface area contributed by atoms with Crippen molar-refractivity contribution in [3.63, 3.8) is 0 Å². The normalized spacial score (nSPS) is 13.9. The van der Waals surface area contributed by atoms with E-state index < -0.39 is 97.5 Å². The highest BCUT2D eigenvalue weighted by Gasteiger charge is 2.30. The number of rotatable bonds is 80. The molecular weight excluding hydrogens is 1310 g/mol. The molecule has 0 heterocycles. The van der Waals surface area contributed by atoms with E-state index in [1.54, 1.807) is 0 Å². The summed E-state index contributed by atoms with van der Waals surface area (Å²) < 4.78 is 68.5. The van der Waals surface area contributed by atoms with Gasteiger partial charge in [0.25, 0.3) is 0 Å². The van der Waals surface area contributed by atoms with Crippen LogP contribution in [0.5, 0.6) is 0 Å². The van der Waals surface area contributed by atoms with Gasteiger partial charge in [-0.2, -0.15) is 0 Å². The first kappa shape index (κ1) is 98.1. The van der Waals surface area contributed by atoms with E-state index in [4.69, 9.17) is 37.0 Å². The summed E-state index contributed by atoms with van der Waals surface area (Å²) in [5, 5.41) is 10.6. The predicted octanol–water partition coefficient (Wildman–Crippen LogP) is 24.3. The lowest BCUT2D eigenvalue weighted by Crippen LogP contribution is -2.30. The molecule has 0 saturated heterocycles. The molecule has 0 aliphatic carbocycles. The van der Waals surface area contributed by atoms with Crippen molar-refractivity contribution >= 4 is 39.5 Å². The van der Waals surface area contributed by atoms with Gasteiger partial charge in [-0.25, -0.2) is 9.13 Å². The van der Waals surface area contributed by atoms with Gasteiger partial charge < -0.3 is 33.8 Å². The number of hydrogen-bond donors (Lipinski definition) is 3. The van der Waals surface area contributed by atoms with E-state index in [1.807, 2.05) is 0 Å². The van der Waals surface area contributed by atoms with Crippen LogP contribution in [0.1, 0.15) is 427 Å². The Hall–Kier alpha value is -1.94. The standard InChI is InChI=1S/C81H158O17P2/c1-7-9-11-13-14-15-16-17-18-19-20-24-27-30-36-41-46-52-58-64-79(84)92-70-77(98-81(86)66-59-53-47-42-37-31-28-25-22-21-23-26-29-34-39-44-50-55-61-73(3)4)72-96-100(89,90)94-68-75(82)67-93-99(87,88)95-71-76(69-91-78(83)63-57-49-12-10-8-2)97-80(85)65-60-54-48-43-38-33-32-35-40-45-51-56-62-74(5)6/h73-77,82H,7-72H2,1-6H3,(H,87,88)(H,89,90)/t75-,76+,77+/m0/s1. The third-order valence-electron chi connectivity index (χ3n) is 19.0. The van der Waals surface area contributed by atoms with Crippen LogP contribution in [0.25, 0.3) is 0 Å². The van der Waals surface area contributed by atoms with Gasteiger partial charge in [0.05, 0.1) is 26.4 Å². The van der Waals surface area contributed by atoms with Crippen LogP contribution in [-0.4, -0.2) is 96.7 Å². The molecule has 0 saturated carbocycles. The first-order valence-electron chi connectivity index (χ1n) is 42.0. The summed E-state index contributed by atoms with van der Waals surface area (Å²) >= 11 is 0. The largest absolute Gasteiger partial charge is 0.472 e. The third-order valence-corrected chi connectivity index (χ3v) is 20.9. The van der Waals surface area contributed by atoms with Crippen LogP contribution in [0.3, 0.4) is 0 Å². The van der Waals surface area contributed by atoms with Gasteiger partial charge in [0.15, 0.2) is 12.2 Å². The van der Waals surface area contributed by atoms with E-state index in [1.165, 1.54) is 238 Å². The molecule has 0 rings (SSSR count). The van der Waals surface area contributed by atoms with E-state index in [0.717, 1.165) is 108 Å². The van der Waals surface area contributed by atoms with Crippen molar-refractivity contribution in [3.05, 3.63) is 0 Å². The number of ether oxygens (including phenoxy) is 4. The molecule has 0 aromatic heterocycles. The minimum Gasteiger partial charge on any atom is -0.462 e. The molecule has 3 N–H and O–H groups in total. The second kappa shape index (κ2) is 72.6. The number of esters is 4. The lowest BCUT2D eigenvalue weighted by molar-refractivity contribution is -0.161. The number of carbonyl (C=O) groups is 4. The number of hydrogen-bond acceptors (Lipinski definition) is 15. The predicted molar refractivity (Wildman–Crippen MR) is 409 cm³/mol.